The Morgan fingerprint density at radius 1 is 0.706 bits per heavy atom. The van der Waals surface area contributed by atoms with Gasteiger partial charge in [-0.2, -0.15) is 0 Å². The van der Waals surface area contributed by atoms with Crippen LogP contribution in [0.25, 0.3) is 0 Å². The van der Waals surface area contributed by atoms with Gasteiger partial charge in [0.05, 0.1) is 10.1 Å². The third-order valence-corrected chi connectivity index (χ3v) is 7.04. The second kappa shape index (κ2) is 26.2. The summed E-state index contributed by atoms with van der Waals surface area (Å²) >= 11 is 0. The van der Waals surface area contributed by atoms with Crippen molar-refractivity contribution in [3.63, 3.8) is 0 Å². The Labute approximate surface area is 234 Å². The van der Waals surface area contributed by atoms with Crippen LogP contribution in [0, 0.1) is 0 Å². The Hall–Kier alpha value is 0.120. The molecule has 0 rings (SSSR count). The Morgan fingerprint density at radius 2 is 1.09 bits per heavy atom. The van der Waals surface area contributed by atoms with Crippen molar-refractivity contribution in [3.8, 4) is 0 Å². The summed E-state index contributed by atoms with van der Waals surface area (Å²) in [6, 6.07) is 0. The molecule has 0 aliphatic rings. The van der Waals surface area contributed by atoms with Crippen molar-refractivity contribution >= 4 is 16.0 Å². The molecule has 0 fully saturated rings. The molecule has 196 valence electrons. The van der Waals surface area contributed by atoms with E-state index in [4.69, 9.17) is 0 Å². The van der Waals surface area contributed by atoms with E-state index in [2.05, 4.69) is 6.92 Å². The van der Waals surface area contributed by atoms with Gasteiger partial charge in [0.15, 0.2) is 0 Å². The fourth-order valence-corrected chi connectivity index (χ4v) is 4.55. The number of amides is 1. The summed E-state index contributed by atoms with van der Waals surface area (Å²) in [4.78, 5) is 13.4. The first-order valence-electron chi connectivity index (χ1n) is 13.7. The number of rotatable bonds is 24. The zero-order valence-corrected chi connectivity index (χ0v) is 25.5. The molecule has 0 saturated carbocycles. The molecule has 34 heavy (non-hydrogen) atoms. The van der Waals surface area contributed by atoms with E-state index in [9.17, 15) is 17.8 Å². The molecule has 1 amide bonds. The summed E-state index contributed by atoms with van der Waals surface area (Å²) in [7, 11) is -2.57. The maximum absolute atomic E-state index is 11.9. The third-order valence-electron chi connectivity index (χ3n) is 6.25. The van der Waals surface area contributed by atoms with E-state index in [-0.39, 0.29) is 48.4 Å². The molecule has 0 aromatic rings. The van der Waals surface area contributed by atoms with Crippen molar-refractivity contribution < 1.29 is 47.3 Å². The summed E-state index contributed by atoms with van der Waals surface area (Å²) < 4.78 is 31.7. The van der Waals surface area contributed by atoms with Crippen molar-refractivity contribution in [1.82, 2.24) is 4.90 Å². The molecular weight excluding hydrogens is 457 g/mol. The molecular formula is C27H52NNaO4S. The Balaban J connectivity index is 0. The molecule has 0 heterocycles. The molecule has 0 saturated heterocycles. The van der Waals surface area contributed by atoms with E-state index in [1.807, 2.05) is 6.08 Å². The van der Waals surface area contributed by atoms with Crippen LogP contribution in [-0.4, -0.2) is 43.1 Å². The van der Waals surface area contributed by atoms with Crippen molar-refractivity contribution in [2.75, 3.05) is 19.3 Å². The molecule has 5 nitrogen and oxygen atoms in total. The van der Waals surface area contributed by atoms with Gasteiger partial charge in [-0.3, -0.25) is 4.79 Å². The molecule has 7 heteroatoms. The summed E-state index contributed by atoms with van der Waals surface area (Å²) in [5.41, 5.74) is 0. The summed E-state index contributed by atoms with van der Waals surface area (Å²) in [5, 5.41) is 0. The van der Waals surface area contributed by atoms with Crippen LogP contribution in [0.5, 0.6) is 0 Å². The Morgan fingerprint density at radius 3 is 1.47 bits per heavy atom. The van der Waals surface area contributed by atoms with E-state index in [0.717, 1.165) is 12.8 Å². The smallest absolute Gasteiger partial charge is 0.748 e. The van der Waals surface area contributed by atoms with Gasteiger partial charge in [-0.25, -0.2) is 8.42 Å². The molecule has 0 aromatic carbocycles. The van der Waals surface area contributed by atoms with Crippen LogP contribution in [0.4, 0.5) is 0 Å². The van der Waals surface area contributed by atoms with Gasteiger partial charge in [0.2, 0.25) is 5.91 Å². The minimum Gasteiger partial charge on any atom is -0.748 e. The number of likely N-dealkylation sites (N-methyl/N-ethyl adjacent to an activating group) is 1. The molecule has 0 radical (unpaired) electrons. The van der Waals surface area contributed by atoms with Gasteiger partial charge in [0.25, 0.3) is 0 Å². The molecule has 0 aliphatic heterocycles. The zero-order valence-electron chi connectivity index (χ0n) is 22.7. The number of hydrogen-bond donors (Lipinski definition) is 0. The molecule has 0 aromatic heterocycles. The predicted octanol–water partition coefficient (Wildman–Crippen LogP) is 4.37. The van der Waals surface area contributed by atoms with Gasteiger partial charge in [0, 0.05) is 19.3 Å². The van der Waals surface area contributed by atoms with Crippen molar-refractivity contribution in [2.24, 2.45) is 0 Å². The molecule has 0 N–H and O–H groups in total. The molecule has 0 spiro atoms. The first kappa shape index (κ1) is 36.3. The minimum atomic E-state index is -4.20. The Kier molecular flexibility index (Phi) is 27.9. The topological polar surface area (TPSA) is 77.5 Å². The minimum absolute atomic E-state index is 0. The molecule has 0 aliphatic carbocycles. The average Bonchev–Trinajstić information content (AvgIpc) is 2.76. The quantitative estimate of drug-likeness (QED) is 0.0838. The molecule has 0 bridgehead atoms. The maximum Gasteiger partial charge on any atom is 1.00 e. The van der Waals surface area contributed by atoms with Crippen LogP contribution < -0.4 is 29.6 Å². The van der Waals surface area contributed by atoms with Gasteiger partial charge in [-0.15, -0.1) is 0 Å². The fourth-order valence-electron chi connectivity index (χ4n) is 4.06. The fraction of sp³-hybridized carbons (Fsp3) is 0.889. The number of nitrogens with zero attached hydrogens (tertiary/aromatic N) is 1. The summed E-state index contributed by atoms with van der Waals surface area (Å²) in [5.74, 6) is -0.561. The van der Waals surface area contributed by atoms with Gasteiger partial charge >= 0.3 is 29.6 Å². The second-order valence-electron chi connectivity index (χ2n) is 9.58. The average molecular weight is 510 g/mol. The van der Waals surface area contributed by atoms with Gasteiger partial charge in [-0.1, -0.05) is 122 Å². The van der Waals surface area contributed by atoms with Crippen molar-refractivity contribution in [1.29, 1.82) is 0 Å². The normalized spacial score (nSPS) is 11.6. The number of unbranched alkanes of at least 4 members (excludes halogenated alkanes) is 18. The predicted molar refractivity (Wildman–Crippen MR) is 139 cm³/mol. The van der Waals surface area contributed by atoms with Crippen LogP contribution in [0.15, 0.2) is 12.2 Å². The van der Waals surface area contributed by atoms with E-state index < -0.39 is 15.9 Å². The van der Waals surface area contributed by atoms with E-state index in [1.165, 1.54) is 114 Å². The standard InChI is InChI=1S/C27H53NO4S.Na/c1-3-4-5-6-7-8-9-10-11-12-13-14-15-16-17-18-19-20-21-22-24-27(29)28(2)25-23-26-33(30,31)32;/h22,24H,3-21,23,25-26H2,1-2H3,(H,30,31,32);/q;+1/p-1/b24-22+;. The number of allylic oxidation sites excluding steroid dienone is 1. The van der Waals surface area contributed by atoms with Crippen LogP contribution in [-0.2, 0) is 14.9 Å². The third kappa shape index (κ3) is 28.4. The zero-order chi connectivity index (χ0) is 24.6. The van der Waals surface area contributed by atoms with Gasteiger partial charge in [0.1, 0.15) is 0 Å². The first-order valence-corrected chi connectivity index (χ1v) is 15.3. The summed E-state index contributed by atoms with van der Waals surface area (Å²) in [6.07, 6.45) is 29.1. The van der Waals surface area contributed by atoms with E-state index in [1.54, 1.807) is 13.1 Å². The van der Waals surface area contributed by atoms with Crippen LogP contribution in [0.2, 0.25) is 0 Å². The first-order chi connectivity index (χ1) is 15.9. The van der Waals surface area contributed by atoms with Gasteiger partial charge in [-0.05, 0) is 25.3 Å². The van der Waals surface area contributed by atoms with E-state index in [0.29, 0.717) is 0 Å². The number of hydrogen-bond acceptors (Lipinski definition) is 4. The van der Waals surface area contributed by atoms with E-state index >= 15 is 0 Å². The number of carbonyl (C=O) groups is 1. The van der Waals surface area contributed by atoms with Crippen LogP contribution in [0.1, 0.15) is 135 Å². The maximum atomic E-state index is 11.9. The second-order valence-corrected chi connectivity index (χ2v) is 11.1. The molecule has 0 atom stereocenters. The van der Waals surface area contributed by atoms with Crippen LogP contribution >= 0.6 is 0 Å². The van der Waals surface area contributed by atoms with Crippen LogP contribution in [0.3, 0.4) is 0 Å². The Bertz CT molecular complexity index is 581. The van der Waals surface area contributed by atoms with Crippen molar-refractivity contribution in [3.05, 3.63) is 12.2 Å². The monoisotopic (exact) mass is 509 g/mol. The summed E-state index contributed by atoms with van der Waals surface area (Å²) in [6.45, 7) is 2.56. The SMILES string of the molecule is CCCCCCCCCCCCCCCCCCCC/C=C/C(=O)N(C)CCCS(=O)(=O)[O-].[Na+]. The van der Waals surface area contributed by atoms with Crippen molar-refractivity contribution in [2.45, 2.75) is 135 Å². The largest absolute Gasteiger partial charge is 1.00 e. The molecule has 0 unspecified atom stereocenters. The number of carbonyl (C=O) groups excluding carboxylic acids is 1. The van der Waals surface area contributed by atoms with Gasteiger partial charge < -0.3 is 9.45 Å².